The normalized spacial score (nSPS) is 20.3. The molecule has 0 saturated carbocycles. The second-order valence-corrected chi connectivity index (χ2v) is 10.7. The van der Waals surface area contributed by atoms with Gasteiger partial charge in [-0.1, -0.05) is 50.2 Å². The Kier molecular flexibility index (Phi) is 6.58. The summed E-state index contributed by atoms with van der Waals surface area (Å²) >= 11 is 0. The fraction of sp³-hybridized carbons (Fsp3) is 0.517. The van der Waals surface area contributed by atoms with Gasteiger partial charge in [0, 0.05) is 32.2 Å². The highest BCUT2D eigenvalue weighted by Gasteiger charge is 2.58. The van der Waals surface area contributed by atoms with Crippen LogP contribution in [0.3, 0.4) is 0 Å². The molecule has 5 rings (SSSR count). The van der Waals surface area contributed by atoms with Crippen molar-refractivity contribution < 1.29 is 14.3 Å². The van der Waals surface area contributed by atoms with Crippen molar-refractivity contribution in [2.24, 2.45) is 5.92 Å². The predicted octanol–water partition coefficient (Wildman–Crippen LogP) is 4.16. The van der Waals surface area contributed by atoms with E-state index in [-0.39, 0.29) is 17.9 Å². The number of hydrogen-bond donors (Lipinski definition) is 0. The Morgan fingerprint density at radius 1 is 0.971 bits per heavy atom. The third-order valence-electron chi connectivity index (χ3n) is 8.12. The molecule has 2 aliphatic heterocycles. The predicted molar refractivity (Wildman–Crippen MR) is 137 cm³/mol. The van der Waals surface area contributed by atoms with E-state index in [1.165, 1.54) is 16.0 Å². The molecule has 2 heterocycles. The van der Waals surface area contributed by atoms with Crippen LogP contribution >= 0.6 is 0 Å². The van der Waals surface area contributed by atoms with Crippen LogP contribution in [-0.4, -0.2) is 71.5 Å². The molecule has 2 aromatic carbocycles. The fourth-order valence-corrected chi connectivity index (χ4v) is 6.19. The van der Waals surface area contributed by atoms with Crippen LogP contribution in [-0.2, 0) is 24.1 Å². The molecule has 1 spiro atoms. The molecule has 2 saturated heterocycles. The molecule has 6 heteroatoms. The number of imide groups is 1. The first kappa shape index (κ1) is 23.9. The number of piperidine rings is 1. The van der Waals surface area contributed by atoms with Gasteiger partial charge in [0.05, 0.1) is 7.11 Å². The Hall–Kier alpha value is -2.86. The van der Waals surface area contributed by atoms with Gasteiger partial charge in [-0.3, -0.25) is 14.6 Å². The first-order valence-electron chi connectivity index (χ1n) is 13.0. The van der Waals surface area contributed by atoms with Gasteiger partial charge in [0.1, 0.15) is 11.3 Å². The SMILES string of the molecule is COc1ccc(CCN2C(=O)N(CC(C)C)C(=O)C23CCN(C2Cc4ccccc4C2)CC3)cc1. The number of ether oxygens (including phenoxy) is 1. The van der Waals surface area contributed by atoms with Crippen LogP contribution in [0.1, 0.15) is 43.4 Å². The van der Waals surface area contributed by atoms with E-state index in [4.69, 9.17) is 4.74 Å². The van der Waals surface area contributed by atoms with Crippen molar-refractivity contribution in [3.63, 3.8) is 0 Å². The first-order chi connectivity index (χ1) is 16.9. The summed E-state index contributed by atoms with van der Waals surface area (Å²) in [6, 6.07) is 17.1. The summed E-state index contributed by atoms with van der Waals surface area (Å²) in [5.74, 6) is 1.08. The lowest BCUT2D eigenvalue weighted by molar-refractivity contribution is -0.136. The lowest BCUT2D eigenvalue weighted by Crippen LogP contribution is -2.58. The van der Waals surface area contributed by atoms with Crippen LogP contribution in [0.25, 0.3) is 0 Å². The van der Waals surface area contributed by atoms with E-state index in [0.717, 1.165) is 43.7 Å². The van der Waals surface area contributed by atoms with Crippen molar-refractivity contribution in [2.45, 2.75) is 57.5 Å². The largest absolute Gasteiger partial charge is 0.497 e. The lowest BCUT2D eigenvalue weighted by atomic mass is 9.84. The molecule has 3 amide bonds. The van der Waals surface area contributed by atoms with Gasteiger partial charge in [0.15, 0.2) is 0 Å². The van der Waals surface area contributed by atoms with Crippen molar-refractivity contribution in [2.75, 3.05) is 33.3 Å². The molecule has 2 fully saturated rings. The van der Waals surface area contributed by atoms with Gasteiger partial charge >= 0.3 is 6.03 Å². The number of benzene rings is 2. The number of methoxy groups -OCH3 is 1. The maximum absolute atomic E-state index is 13.8. The molecular weight excluding hydrogens is 438 g/mol. The molecule has 0 bridgehead atoms. The monoisotopic (exact) mass is 475 g/mol. The Morgan fingerprint density at radius 2 is 1.60 bits per heavy atom. The number of carbonyl (C=O) groups is 2. The number of rotatable bonds is 7. The van der Waals surface area contributed by atoms with Crippen molar-refractivity contribution in [3.8, 4) is 5.75 Å². The van der Waals surface area contributed by atoms with E-state index < -0.39 is 5.54 Å². The molecule has 0 radical (unpaired) electrons. The summed E-state index contributed by atoms with van der Waals surface area (Å²) < 4.78 is 5.27. The average molecular weight is 476 g/mol. The zero-order chi connectivity index (χ0) is 24.6. The standard InChI is InChI=1S/C29H37N3O3/c1-21(2)20-31-27(33)29(32(28(31)34)15-12-22-8-10-26(35-3)11-9-22)13-16-30(17-14-29)25-18-23-6-4-5-7-24(23)19-25/h4-11,21,25H,12-20H2,1-3H3. The van der Waals surface area contributed by atoms with Crippen LogP contribution in [0.5, 0.6) is 5.75 Å². The molecule has 0 atom stereocenters. The average Bonchev–Trinajstić information content (AvgIpc) is 3.38. The highest BCUT2D eigenvalue weighted by Crippen LogP contribution is 2.39. The van der Waals surface area contributed by atoms with Gasteiger partial charge < -0.3 is 9.64 Å². The molecular formula is C29H37N3O3. The Balaban J connectivity index is 1.31. The third kappa shape index (κ3) is 4.44. The number of amides is 3. The highest BCUT2D eigenvalue weighted by atomic mass is 16.5. The third-order valence-corrected chi connectivity index (χ3v) is 8.12. The summed E-state index contributed by atoms with van der Waals surface area (Å²) in [5, 5.41) is 0. The van der Waals surface area contributed by atoms with Crippen molar-refractivity contribution in [1.29, 1.82) is 0 Å². The minimum atomic E-state index is -0.708. The number of carbonyl (C=O) groups excluding carboxylic acids is 2. The van der Waals surface area contributed by atoms with Gasteiger partial charge in [-0.15, -0.1) is 0 Å². The molecule has 2 aromatic rings. The molecule has 35 heavy (non-hydrogen) atoms. The summed E-state index contributed by atoms with van der Waals surface area (Å²) in [4.78, 5) is 33.3. The van der Waals surface area contributed by atoms with E-state index in [1.54, 1.807) is 7.11 Å². The van der Waals surface area contributed by atoms with Crippen molar-refractivity contribution in [1.82, 2.24) is 14.7 Å². The minimum Gasteiger partial charge on any atom is -0.497 e. The Bertz CT molecular complexity index is 1050. The van der Waals surface area contributed by atoms with Crippen molar-refractivity contribution >= 4 is 11.9 Å². The van der Waals surface area contributed by atoms with Crippen molar-refractivity contribution in [3.05, 3.63) is 65.2 Å². The van der Waals surface area contributed by atoms with Gasteiger partial charge in [0.25, 0.3) is 5.91 Å². The van der Waals surface area contributed by atoms with Gasteiger partial charge in [0.2, 0.25) is 0 Å². The first-order valence-corrected chi connectivity index (χ1v) is 13.0. The van der Waals surface area contributed by atoms with Gasteiger partial charge in [-0.05, 0) is 66.8 Å². The van der Waals surface area contributed by atoms with Crippen LogP contribution in [0.15, 0.2) is 48.5 Å². The van der Waals surface area contributed by atoms with Gasteiger partial charge in [-0.25, -0.2) is 4.79 Å². The zero-order valence-electron chi connectivity index (χ0n) is 21.2. The van der Waals surface area contributed by atoms with Crippen LogP contribution in [0.2, 0.25) is 0 Å². The Morgan fingerprint density at radius 3 is 2.17 bits per heavy atom. The topological polar surface area (TPSA) is 53.1 Å². The number of urea groups is 1. The summed E-state index contributed by atoms with van der Waals surface area (Å²) in [5.41, 5.74) is 3.34. The zero-order valence-corrected chi connectivity index (χ0v) is 21.2. The summed E-state index contributed by atoms with van der Waals surface area (Å²) in [6.07, 6.45) is 4.30. The smallest absolute Gasteiger partial charge is 0.327 e. The number of likely N-dealkylation sites (tertiary alicyclic amines) is 1. The van der Waals surface area contributed by atoms with Crippen LogP contribution in [0, 0.1) is 5.92 Å². The van der Waals surface area contributed by atoms with E-state index >= 15 is 0 Å². The van der Waals surface area contributed by atoms with E-state index in [1.807, 2.05) is 29.2 Å². The quantitative estimate of drug-likeness (QED) is 0.565. The number of nitrogens with zero attached hydrogens (tertiary/aromatic N) is 3. The fourth-order valence-electron chi connectivity index (χ4n) is 6.19. The lowest BCUT2D eigenvalue weighted by Gasteiger charge is -2.44. The maximum atomic E-state index is 13.8. The molecule has 1 aliphatic carbocycles. The summed E-state index contributed by atoms with van der Waals surface area (Å²) in [6.45, 7) is 6.88. The number of fused-ring (bicyclic) bond motifs is 1. The van der Waals surface area contributed by atoms with E-state index in [0.29, 0.717) is 32.0 Å². The maximum Gasteiger partial charge on any atom is 0.327 e. The van der Waals surface area contributed by atoms with Crippen LogP contribution < -0.4 is 4.74 Å². The second-order valence-electron chi connectivity index (χ2n) is 10.7. The Labute approximate surface area is 208 Å². The molecule has 6 nitrogen and oxygen atoms in total. The molecule has 3 aliphatic rings. The summed E-state index contributed by atoms with van der Waals surface area (Å²) in [7, 11) is 1.66. The molecule has 0 aromatic heterocycles. The molecule has 0 N–H and O–H groups in total. The molecule has 186 valence electrons. The van der Waals surface area contributed by atoms with E-state index in [9.17, 15) is 9.59 Å². The highest BCUT2D eigenvalue weighted by molar-refractivity contribution is 6.07. The van der Waals surface area contributed by atoms with Crippen LogP contribution in [0.4, 0.5) is 4.79 Å². The molecule has 0 unspecified atom stereocenters. The van der Waals surface area contributed by atoms with Gasteiger partial charge in [-0.2, -0.15) is 0 Å². The number of hydrogen-bond acceptors (Lipinski definition) is 4. The minimum absolute atomic E-state index is 0.0142. The second kappa shape index (κ2) is 9.65. The van der Waals surface area contributed by atoms with E-state index in [2.05, 4.69) is 43.0 Å².